The maximum Gasteiger partial charge on any atom is 0.416 e. The van der Waals surface area contributed by atoms with Crippen LogP contribution in [-0.4, -0.2) is 88.3 Å². The van der Waals surface area contributed by atoms with Crippen molar-refractivity contribution >= 4 is 41.6 Å². The highest BCUT2D eigenvalue weighted by molar-refractivity contribution is 6.14. The summed E-state index contributed by atoms with van der Waals surface area (Å²) < 4.78 is 117. The number of likely N-dealkylation sites (tertiary alicyclic amines) is 1. The molecule has 6 aromatic rings. The number of halogens is 9. The molecule has 72 heavy (non-hydrogen) atoms. The molecule has 12 nitrogen and oxygen atoms in total. The smallest absolute Gasteiger partial charge is 0.416 e. The van der Waals surface area contributed by atoms with Crippen LogP contribution in [0.4, 0.5) is 39.9 Å². The Balaban J connectivity index is 0.000000180. The molecule has 10 rings (SSSR count). The number of Topliss-reactive ketones (excluding diaryl/α,β-unsaturated/α-hetero) is 2. The first-order valence-electron chi connectivity index (χ1n) is 22.6. The zero-order valence-corrected chi connectivity index (χ0v) is 39.4. The summed E-state index contributed by atoms with van der Waals surface area (Å²) >= 11 is 6.30. The Kier molecular flexibility index (Phi) is 12.8. The van der Waals surface area contributed by atoms with Gasteiger partial charge in [0.15, 0.2) is 11.6 Å². The second kappa shape index (κ2) is 18.5. The molecule has 0 N–H and O–H groups in total. The Morgan fingerprint density at radius 1 is 0.625 bits per heavy atom. The van der Waals surface area contributed by atoms with Gasteiger partial charge >= 0.3 is 18.4 Å². The van der Waals surface area contributed by atoms with Gasteiger partial charge in [0.25, 0.3) is 0 Å². The number of piperidine rings is 2. The summed E-state index contributed by atoms with van der Waals surface area (Å²) in [6.45, 7) is 5.97. The van der Waals surface area contributed by atoms with Gasteiger partial charge in [-0.25, -0.2) is 27.4 Å². The summed E-state index contributed by atoms with van der Waals surface area (Å²) in [5.74, 6) is -1.89. The van der Waals surface area contributed by atoms with Gasteiger partial charge in [-0.3, -0.25) is 19.6 Å². The van der Waals surface area contributed by atoms with Crippen molar-refractivity contribution in [2.24, 2.45) is 10.8 Å². The molecule has 2 aliphatic heterocycles. The van der Waals surface area contributed by atoms with Gasteiger partial charge in [-0.15, -0.1) is 0 Å². The molecular formula is C51H43ClF8N8O4. The van der Waals surface area contributed by atoms with E-state index in [1.54, 1.807) is 72.9 Å². The molecular weight excluding hydrogens is 976 g/mol. The van der Waals surface area contributed by atoms with Crippen LogP contribution in [0.5, 0.6) is 0 Å². The Hall–Kier alpha value is -7.06. The lowest BCUT2D eigenvalue weighted by Gasteiger charge is -2.45. The summed E-state index contributed by atoms with van der Waals surface area (Å²) in [6.07, 6.45) is 0.0104. The number of benzene rings is 2. The Bertz CT molecular complexity index is 3160. The number of nitrogens with zero attached hydrogens (tertiary/aromatic N) is 8. The van der Waals surface area contributed by atoms with Crippen molar-refractivity contribution in [3.8, 4) is 11.4 Å². The number of ether oxygens (including phenoxy) is 1. The monoisotopic (exact) mass is 1020 g/mol. The summed E-state index contributed by atoms with van der Waals surface area (Å²) in [5.41, 5.74) is -0.268. The van der Waals surface area contributed by atoms with E-state index in [9.17, 15) is 49.5 Å². The first kappa shape index (κ1) is 49.9. The molecule has 0 radical (unpaired) electrons. The molecule has 374 valence electrons. The average Bonchev–Trinajstić information content (AvgIpc) is 3.94. The fourth-order valence-electron chi connectivity index (χ4n) is 9.67. The summed E-state index contributed by atoms with van der Waals surface area (Å²) in [6, 6.07) is 14.8. The molecule has 4 aromatic heterocycles. The average molecular weight is 1020 g/mol. The van der Waals surface area contributed by atoms with E-state index in [-0.39, 0.29) is 56.1 Å². The highest BCUT2D eigenvalue weighted by Gasteiger charge is 2.52. The van der Waals surface area contributed by atoms with Crippen LogP contribution >= 0.6 is 11.8 Å². The molecule has 0 unspecified atom stereocenters. The van der Waals surface area contributed by atoms with Crippen LogP contribution in [-0.2, 0) is 29.9 Å². The van der Waals surface area contributed by atoms with Gasteiger partial charge in [-0.2, -0.15) is 36.5 Å². The second-order valence-electron chi connectivity index (χ2n) is 19.0. The number of fused-ring (bicyclic) bond motifs is 4. The number of carbonyl (C=O) groups excluding carboxylic acids is 3. The van der Waals surface area contributed by atoms with E-state index >= 15 is 0 Å². The highest BCUT2D eigenvalue weighted by Crippen LogP contribution is 2.49. The lowest BCUT2D eigenvalue weighted by molar-refractivity contribution is -0.138. The van der Waals surface area contributed by atoms with Crippen LogP contribution in [0.3, 0.4) is 0 Å². The Labute approximate surface area is 411 Å². The van der Waals surface area contributed by atoms with Crippen LogP contribution < -0.4 is 0 Å². The first-order valence-corrected chi connectivity index (χ1v) is 22.9. The fourth-order valence-corrected chi connectivity index (χ4v) is 9.95. The van der Waals surface area contributed by atoms with Crippen LogP contribution in [0.2, 0.25) is 0 Å². The van der Waals surface area contributed by atoms with Crippen LogP contribution in [0.1, 0.15) is 88.2 Å². The predicted octanol–water partition coefficient (Wildman–Crippen LogP) is 11.0. The van der Waals surface area contributed by atoms with Gasteiger partial charge in [0, 0.05) is 38.6 Å². The maximum absolute atomic E-state index is 14.1. The van der Waals surface area contributed by atoms with Crippen LogP contribution in [0.15, 0.2) is 109 Å². The molecule has 2 aliphatic carbocycles. The van der Waals surface area contributed by atoms with E-state index < -0.39 is 63.4 Å². The van der Waals surface area contributed by atoms with Crippen LogP contribution in [0.25, 0.3) is 23.5 Å². The molecule has 0 spiro atoms. The van der Waals surface area contributed by atoms with E-state index in [0.29, 0.717) is 41.2 Å². The molecule has 0 saturated carbocycles. The van der Waals surface area contributed by atoms with Gasteiger partial charge in [0.05, 0.1) is 57.1 Å². The van der Waals surface area contributed by atoms with Crippen LogP contribution in [0, 0.1) is 22.5 Å². The zero-order chi connectivity index (χ0) is 51.5. The van der Waals surface area contributed by atoms with Crippen molar-refractivity contribution in [3.05, 3.63) is 165 Å². The minimum Gasteiger partial charge on any atom is -0.444 e. The predicted molar refractivity (Wildman–Crippen MR) is 247 cm³/mol. The number of hydrogen-bond acceptors (Lipinski definition) is 9. The van der Waals surface area contributed by atoms with Gasteiger partial charge in [-0.05, 0) is 154 Å². The van der Waals surface area contributed by atoms with Crippen molar-refractivity contribution < 1.29 is 54.2 Å². The molecule has 2 saturated heterocycles. The second-order valence-corrected chi connectivity index (χ2v) is 19.5. The van der Waals surface area contributed by atoms with Crippen molar-refractivity contribution in [2.45, 2.75) is 64.4 Å². The largest absolute Gasteiger partial charge is 0.444 e. The fraction of sp³-hybridized carbons (Fsp3) is 0.314. The number of pyridine rings is 2. The molecule has 0 bridgehead atoms. The van der Waals surface area contributed by atoms with E-state index in [4.69, 9.17) is 16.5 Å². The molecule has 6 heterocycles. The number of aromatic nitrogens is 6. The molecule has 2 atom stereocenters. The zero-order valence-electron chi connectivity index (χ0n) is 38.7. The third kappa shape index (κ3) is 9.68. The molecule has 2 fully saturated rings. The van der Waals surface area contributed by atoms with Crippen molar-refractivity contribution in [3.63, 3.8) is 0 Å². The van der Waals surface area contributed by atoms with Gasteiger partial charge < -0.3 is 9.64 Å². The molecule has 21 heteroatoms. The van der Waals surface area contributed by atoms with Crippen molar-refractivity contribution in [1.29, 1.82) is 0 Å². The summed E-state index contributed by atoms with van der Waals surface area (Å²) in [4.78, 5) is 50.1. The lowest BCUT2D eigenvalue weighted by Crippen LogP contribution is -2.54. The first-order chi connectivity index (χ1) is 33.9. The Morgan fingerprint density at radius 2 is 1.06 bits per heavy atom. The standard InChI is InChI=1S/C28H26F4N4O3.C23H17ClF4N4O/c1-26(2,3)39-25(38)35-11-9-18-13-23-17(15-34-36(23)21-6-4-20(29)5-7-21)14-27(18,16-35)24(37)22-12-19(8-10-33-22)28(30,31)32;24-31-8-6-15-10-20-14(12-30-32(20)18-3-1-17(25)2-4-18)11-22(15,13-31)21(33)19-9-16(5-7-29-19)23(26,27)28/h4-8,10,12-13,15H,9,11,14,16H2,1-3H3;1-5,7,9-10,12H,6,8,11,13H2/t27-;22-/m00/s1. The number of hydrogen-bond donors (Lipinski definition) is 0. The van der Waals surface area contributed by atoms with Gasteiger partial charge in [-0.1, -0.05) is 11.1 Å². The molecule has 1 amide bonds. The van der Waals surface area contributed by atoms with Gasteiger partial charge in [0.2, 0.25) is 0 Å². The summed E-state index contributed by atoms with van der Waals surface area (Å²) in [5, 5.41) is 8.85. The number of ketones is 2. The number of rotatable bonds is 6. The van der Waals surface area contributed by atoms with E-state index in [2.05, 4.69) is 20.2 Å². The topological polar surface area (TPSA) is 128 Å². The van der Waals surface area contributed by atoms with Crippen molar-refractivity contribution in [2.75, 3.05) is 26.2 Å². The van der Waals surface area contributed by atoms with Crippen molar-refractivity contribution in [1.82, 2.24) is 38.8 Å². The quantitative estimate of drug-likeness (QED) is 0.0910. The molecule has 4 aliphatic rings. The number of alkyl halides is 6. The van der Waals surface area contributed by atoms with Gasteiger partial charge in [0.1, 0.15) is 28.6 Å². The van der Waals surface area contributed by atoms with E-state index in [1.807, 2.05) is 6.08 Å². The Morgan fingerprint density at radius 3 is 1.49 bits per heavy atom. The SMILES string of the molecule is CC(C)(C)OC(=O)N1CCC2=Cc3c(cnn3-c3ccc(F)cc3)C[C@]2(C(=O)c2cc(C(F)(F)F)ccn2)C1.O=C(c1cc(C(F)(F)F)ccn1)[C@]12Cc3cnn(-c4ccc(F)cc4)c3C=C1CCN(Cl)C2. The van der Waals surface area contributed by atoms with E-state index in [0.717, 1.165) is 53.5 Å². The number of amides is 1. The highest BCUT2D eigenvalue weighted by atomic mass is 35.5. The minimum absolute atomic E-state index is 0.0887. The third-order valence-electron chi connectivity index (χ3n) is 13.1. The number of carbonyl (C=O) groups is 3. The minimum atomic E-state index is -4.65. The molecule has 2 aromatic carbocycles. The maximum atomic E-state index is 14.1. The normalized spacial score (nSPS) is 19.9. The summed E-state index contributed by atoms with van der Waals surface area (Å²) in [7, 11) is 0. The van der Waals surface area contributed by atoms with E-state index in [1.165, 1.54) is 33.6 Å². The lowest BCUT2D eigenvalue weighted by atomic mass is 9.65. The third-order valence-corrected chi connectivity index (χ3v) is 13.4.